The minimum Gasteiger partial charge on any atom is -0.496 e. The first kappa shape index (κ1) is 16.7. The van der Waals surface area contributed by atoms with Crippen LogP contribution in [0.1, 0.15) is 10.4 Å². The molecular weight excluding hydrogens is 322 g/mol. The van der Waals surface area contributed by atoms with E-state index in [1.165, 1.54) is 55.3 Å². The smallest absolute Gasteiger partial charge is 0.260 e. The van der Waals surface area contributed by atoms with Gasteiger partial charge in [0.05, 0.1) is 17.6 Å². The molecule has 23 heavy (non-hydrogen) atoms. The molecule has 0 aliphatic rings. The van der Waals surface area contributed by atoms with Crippen LogP contribution in [0.2, 0.25) is 0 Å². The second kappa shape index (κ2) is 6.23. The van der Waals surface area contributed by atoms with E-state index < -0.39 is 15.9 Å². The first-order valence-corrected chi connectivity index (χ1v) is 7.96. The molecule has 8 nitrogen and oxygen atoms in total. The number of anilines is 1. The summed E-state index contributed by atoms with van der Waals surface area (Å²) in [5, 5.41) is 7.59. The zero-order chi connectivity index (χ0) is 17.2. The number of pyridine rings is 1. The molecule has 1 aromatic carbocycles. The number of aryl methyl sites for hydroxylation is 1. The largest absolute Gasteiger partial charge is 0.496 e. The minimum absolute atomic E-state index is 0.0600. The van der Waals surface area contributed by atoms with Crippen molar-refractivity contribution in [3.63, 3.8) is 0 Å². The lowest BCUT2D eigenvalue weighted by molar-refractivity contribution is 0.102. The maximum atomic E-state index is 12.3. The number of nitrogens with two attached hydrogens (primary N) is 1. The number of nitrogens with zero attached hydrogens (tertiary/aromatic N) is 1. The van der Waals surface area contributed by atoms with Crippen molar-refractivity contribution in [2.45, 2.75) is 4.90 Å². The van der Waals surface area contributed by atoms with E-state index in [9.17, 15) is 18.0 Å². The molecule has 0 saturated heterocycles. The topological polar surface area (TPSA) is 120 Å². The van der Waals surface area contributed by atoms with Gasteiger partial charge in [-0.25, -0.2) is 13.6 Å². The third kappa shape index (κ3) is 3.76. The Hall–Kier alpha value is -2.65. The molecule has 122 valence electrons. The average molecular weight is 337 g/mol. The van der Waals surface area contributed by atoms with E-state index >= 15 is 0 Å². The van der Waals surface area contributed by atoms with Gasteiger partial charge in [-0.2, -0.15) is 0 Å². The summed E-state index contributed by atoms with van der Waals surface area (Å²) in [6.07, 6.45) is 1.36. The Morgan fingerprint density at radius 3 is 2.39 bits per heavy atom. The second-order valence-corrected chi connectivity index (χ2v) is 6.29. The summed E-state index contributed by atoms with van der Waals surface area (Å²) in [6.45, 7) is 0. The average Bonchev–Trinajstić information content (AvgIpc) is 2.49. The van der Waals surface area contributed by atoms with E-state index in [4.69, 9.17) is 9.88 Å². The molecule has 0 bridgehead atoms. The van der Waals surface area contributed by atoms with Crippen LogP contribution in [0.5, 0.6) is 5.75 Å². The molecule has 0 saturated carbocycles. The molecular formula is C14H15N3O5S. The number of hydrogen-bond donors (Lipinski definition) is 2. The number of benzene rings is 1. The summed E-state index contributed by atoms with van der Waals surface area (Å²) in [5.41, 5.74) is 0.235. The zero-order valence-corrected chi connectivity index (χ0v) is 13.3. The SMILES string of the molecule is COc1cc(=O)n(C)cc1C(=O)Nc1ccc(S(N)(=O)=O)cc1. The lowest BCUT2D eigenvalue weighted by Crippen LogP contribution is -2.21. The van der Waals surface area contributed by atoms with Crippen LogP contribution < -0.4 is 20.8 Å². The molecule has 1 amide bonds. The fraction of sp³-hybridized carbons (Fsp3) is 0.143. The predicted octanol–water partition coefficient (Wildman–Crippen LogP) is 0.294. The van der Waals surface area contributed by atoms with Gasteiger partial charge in [-0.3, -0.25) is 9.59 Å². The number of rotatable bonds is 4. The highest BCUT2D eigenvalue weighted by molar-refractivity contribution is 7.89. The molecule has 0 fully saturated rings. The lowest BCUT2D eigenvalue weighted by Gasteiger charge is -2.10. The van der Waals surface area contributed by atoms with Crippen molar-refractivity contribution in [1.29, 1.82) is 0 Å². The quantitative estimate of drug-likeness (QED) is 0.831. The summed E-state index contributed by atoms with van der Waals surface area (Å²) in [4.78, 5) is 23.8. The Morgan fingerprint density at radius 2 is 1.87 bits per heavy atom. The van der Waals surface area contributed by atoms with Crippen LogP contribution in [0, 0.1) is 0 Å². The predicted molar refractivity (Wildman–Crippen MR) is 84.0 cm³/mol. The Morgan fingerprint density at radius 1 is 1.26 bits per heavy atom. The number of sulfonamides is 1. The Kier molecular flexibility index (Phi) is 4.52. The summed E-state index contributed by atoms with van der Waals surface area (Å²) in [7, 11) is -0.925. The maximum absolute atomic E-state index is 12.3. The van der Waals surface area contributed by atoms with Crippen molar-refractivity contribution >= 4 is 21.6 Å². The number of nitrogens with one attached hydrogen (secondary N) is 1. The Labute approximate surface area is 132 Å². The van der Waals surface area contributed by atoms with E-state index in [2.05, 4.69) is 5.32 Å². The number of carbonyl (C=O) groups excluding carboxylic acids is 1. The van der Waals surface area contributed by atoms with Crippen molar-refractivity contribution in [3.05, 3.63) is 52.4 Å². The van der Waals surface area contributed by atoms with Crippen molar-refractivity contribution in [2.24, 2.45) is 12.2 Å². The van der Waals surface area contributed by atoms with Crippen LogP contribution in [0.3, 0.4) is 0 Å². The third-order valence-electron chi connectivity index (χ3n) is 3.10. The molecule has 9 heteroatoms. The van der Waals surface area contributed by atoms with Gasteiger partial charge in [-0.05, 0) is 24.3 Å². The minimum atomic E-state index is -3.79. The number of aromatic nitrogens is 1. The maximum Gasteiger partial charge on any atom is 0.260 e. The van der Waals surface area contributed by atoms with Crippen molar-refractivity contribution in [1.82, 2.24) is 4.57 Å². The van der Waals surface area contributed by atoms with E-state index in [1.807, 2.05) is 0 Å². The number of carbonyl (C=O) groups is 1. The normalized spacial score (nSPS) is 11.1. The van der Waals surface area contributed by atoms with Gasteiger partial charge < -0.3 is 14.6 Å². The standard InChI is InChI=1S/C14H15N3O5S/c1-17-8-11(12(22-2)7-13(17)18)14(19)16-9-3-5-10(6-4-9)23(15,20)21/h3-8H,1-2H3,(H,16,19)(H2,15,20,21). The molecule has 0 aliphatic carbocycles. The lowest BCUT2D eigenvalue weighted by atomic mass is 10.2. The van der Waals surface area contributed by atoms with Gasteiger partial charge in [0.2, 0.25) is 10.0 Å². The molecule has 0 atom stereocenters. The van der Waals surface area contributed by atoms with E-state index in [1.54, 1.807) is 0 Å². The highest BCUT2D eigenvalue weighted by Gasteiger charge is 2.15. The molecule has 0 radical (unpaired) electrons. The molecule has 0 aliphatic heterocycles. The van der Waals surface area contributed by atoms with Crippen molar-refractivity contribution in [3.8, 4) is 5.75 Å². The summed E-state index contributed by atoms with van der Waals surface area (Å²) >= 11 is 0. The second-order valence-electron chi connectivity index (χ2n) is 4.73. The zero-order valence-electron chi connectivity index (χ0n) is 12.4. The van der Waals surface area contributed by atoms with Crippen LogP contribution in [-0.4, -0.2) is 26.0 Å². The molecule has 1 heterocycles. The summed E-state index contributed by atoms with van der Waals surface area (Å²) in [5.74, 6) is -0.354. The van der Waals surface area contributed by atoms with Crippen molar-refractivity contribution < 1.29 is 17.9 Å². The van der Waals surface area contributed by atoms with Gasteiger partial charge in [0, 0.05) is 25.0 Å². The summed E-state index contributed by atoms with van der Waals surface area (Å²) < 4.78 is 28.6. The van der Waals surface area contributed by atoms with Gasteiger partial charge in [0.15, 0.2) is 0 Å². The van der Waals surface area contributed by atoms with Crippen LogP contribution in [0.15, 0.2) is 46.2 Å². The Balaban J connectivity index is 2.29. The molecule has 3 N–H and O–H groups in total. The number of hydrogen-bond acceptors (Lipinski definition) is 5. The number of ether oxygens (including phenoxy) is 1. The number of methoxy groups -OCH3 is 1. The first-order chi connectivity index (χ1) is 10.7. The third-order valence-corrected chi connectivity index (χ3v) is 4.02. The van der Waals surface area contributed by atoms with Gasteiger partial charge in [-0.15, -0.1) is 0 Å². The van der Waals surface area contributed by atoms with Crippen LogP contribution in [-0.2, 0) is 17.1 Å². The molecule has 2 aromatic rings. The van der Waals surface area contributed by atoms with Gasteiger partial charge in [0.1, 0.15) is 5.75 Å². The molecule has 2 rings (SSSR count). The van der Waals surface area contributed by atoms with Crippen LogP contribution in [0.4, 0.5) is 5.69 Å². The molecule has 0 spiro atoms. The van der Waals surface area contributed by atoms with Crippen molar-refractivity contribution in [2.75, 3.05) is 12.4 Å². The van der Waals surface area contributed by atoms with Gasteiger partial charge in [-0.1, -0.05) is 0 Å². The Bertz CT molecular complexity index is 901. The fourth-order valence-electron chi connectivity index (χ4n) is 1.88. The molecule has 0 unspecified atom stereocenters. The van der Waals surface area contributed by atoms with Gasteiger partial charge >= 0.3 is 0 Å². The fourth-order valence-corrected chi connectivity index (χ4v) is 2.39. The van der Waals surface area contributed by atoms with E-state index in [0.717, 1.165) is 0 Å². The number of amides is 1. The van der Waals surface area contributed by atoms with Crippen LogP contribution in [0.25, 0.3) is 0 Å². The summed E-state index contributed by atoms with van der Waals surface area (Å²) in [6, 6.07) is 6.59. The van der Waals surface area contributed by atoms with Crippen LogP contribution >= 0.6 is 0 Å². The van der Waals surface area contributed by atoms with E-state index in [-0.39, 0.29) is 21.8 Å². The highest BCUT2D eigenvalue weighted by atomic mass is 32.2. The van der Waals surface area contributed by atoms with E-state index in [0.29, 0.717) is 5.69 Å². The number of primary sulfonamides is 1. The first-order valence-electron chi connectivity index (χ1n) is 6.41. The van der Waals surface area contributed by atoms with Gasteiger partial charge in [0.25, 0.3) is 11.5 Å². The molecule has 1 aromatic heterocycles. The monoisotopic (exact) mass is 337 g/mol. The highest BCUT2D eigenvalue weighted by Crippen LogP contribution is 2.18.